The minimum atomic E-state index is -0.200. The van der Waals surface area contributed by atoms with E-state index >= 15 is 0 Å². The van der Waals surface area contributed by atoms with Crippen LogP contribution in [0.3, 0.4) is 0 Å². The Morgan fingerprint density at radius 1 is 1.35 bits per heavy atom. The molecule has 0 bridgehead atoms. The van der Waals surface area contributed by atoms with Gasteiger partial charge in [-0.15, -0.1) is 0 Å². The van der Waals surface area contributed by atoms with Gasteiger partial charge in [0.05, 0.1) is 0 Å². The van der Waals surface area contributed by atoms with Crippen molar-refractivity contribution >= 4 is 5.91 Å². The largest absolute Gasteiger partial charge is 0.337 e. The Hall–Kier alpha value is -1.65. The number of hydrogen-bond donors (Lipinski definition) is 0. The number of aromatic nitrogens is 2. The highest BCUT2D eigenvalue weighted by Gasteiger charge is 2.22. The van der Waals surface area contributed by atoms with Gasteiger partial charge in [0.2, 0.25) is 0 Å². The summed E-state index contributed by atoms with van der Waals surface area (Å²) in [5, 5.41) is 3.98. The van der Waals surface area contributed by atoms with Crippen molar-refractivity contribution in [3.8, 4) is 0 Å². The summed E-state index contributed by atoms with van der Waals surface area (Å²) in [5.74, 6) is 0.611. The van der Waals surface area contributed by atoms with Crippen molar-refractivity contribution in [2.24, 2.45) is 13.0 Å². The molecular weight excluding hydrogens is 218 g/mol. The molecule has 5 heteroatoms. The topological polar surface area (TPSA) is 55.2 Å². The highest BCUT2D eigenvalue weighted by molar-refractivity contribution is 5.92. The molecule has 1 aromatic rings. The van der Waals surface area contributed by atoms with Crippen LogP contribution in [0.15, 0.2) is 16.9 Å². The average Bonchev–Trinajstić information content (AvgIpc) is 2.33. The highest BCUT2D eigenvalue weighted by atomic mass is 16.2. The summed E-state index contributed by atoms with van der Waals surface area (Å²) in [6.07, 6.45) is 2.08. The lowest BCUT2D eigenvalue weighted by molar-refractivity contribution is 0.0688. The standard InChI is InChI=1S/C12H17N3O2/c1-9-5-7-15(8-6-9)12(17)10-3-4-11(16)14(2)13-10/h3-4,9H,5-8H2,1-2H3. The van der Waals surface area contributed by atoms with Crippen molar-refractivity contribution in [2.45, 2.75) is 19.8 Å². The van der Waals surface area contributed by atoms with Crippen molar-refractivity contribution in [3.05, 3.63) is 28.2 Å². The van der Waals surface area contributed by atoms with Crippen molar-refractivity contribution in [2.75, 3.05) is 13.1 Å². The molecule has 1 aliphatic rings. The maximum atomic E-state index is 12.1. The van der Waals surface area contributed by atoms with Crippen molar-refractivity contribution in [3.63, 3.8) is 0 Å². The van der Waals surface area contributed by atoms with Gasteiger partial charge in [0, 0.05) is 26.2 Å². The number of carbonyl (C=O) groups excluding carboxylic acids is 1. The Labute approximate surface area is 100 Å². The molecule has 2 heterocycles. The van der Waals surface area contributed by atoms with Crippen LogP contribution >= 0.6 is 0 Å². The maximum absolute atomic E-state index is 12.1. The van der Waals surface area contributed by atoms with Crippen LogP contribution in [-0.4, -0.2) is 33.7 Å². The van der Waals surface area contributed by atoms with Gasteiger partial charge in [-0.25, -0.2) is 4.68 Å². The van der Waals surface area contributed by atoms with Gasteiger partial charge in [-0.3, -0.25) is 9.59 Å². The van der Waals surface area contributed by atoms with Crippen molar-refractivity contribution in [1.29, 1.82) is 0 Å². The van der Waals surface area contributed by atoms with E-state index in [-0.39, 0.29) is 11.5 Å². The number of piperidine rings is 1. The molecule has 0 atom stereocenters. The quantitative estimate of drug-likeness (QED) is 0.718. The molecule has 0 saturated carbocycles. The molecule has 0 unspecified atom stereocenters. The summed E-state index contributed by atoms with van der Waals surface area (Å²) < 4.78 is 1.19. The summed E-state index contributed by atoms with van der Waals surface area (Å²) in [6.45, 7) is 3.77. The smallest absolute Gasteiger partial charge is 0.274 e. The Kier molecular flexibility index (Phi) is 3.26. The van der Waals surface area contributed by atoms with Crippen LogP contribution in [0.1, 0.15) is 30.3 Å². The molecule has 5 nitrogen and oxygen atoms in total. The van der Waals surface area contributed by atoms with E-state index in [0.717, 1.165) is 25.9 Å². The number of hydrogen-bond acceptors (Lipinski definition) is 3. The molecule has 1 saturated heterocycles. The Balaban J connectivity index is 2.14. The molecular formula is C12H17N3O2. The molecule has 0 aliphatic carbocycles. The Morgan fingerprint density at radius 3 is 2.59 bits per heavy atom. The number of nitrogens with zero attached hydrogens (tertiary/aromatic N) is 3. The summed E-state index contributed by atoms with van der Waals surface area (Å²) in [4.78, 5) is 25.1. The highest BCUT2D eigenvalue weighted by Crippen LogP contribution is 2.17. The fourth-order valence-corrected chi connectivity index (χ4v) is 1.99. The van der Waals surface area contributed by atoms with Gasteiger partial charge < -0.3 is 4.90 Å². The zero-order valence-electron chi connectivity index (χ0n) is 10.2. The summed E-state index contributed by atoms with van der Waals surface area (Å²) in [6, 6.07) is 2.88. The third kappa shape index (κ3) is 2.54. The van der Waals surface area contributed by atoms with Crippen LogP contribution in [0.2, 0.25) is 0 Å². The number of rotatable bonds is 1. The molecule has 2 rings (SSSR count). The lowest BCUT2D eigenvalue weighted by Crippen LogP contribution is -2.39. The number of aryl methyl sites for hydroxylation is 1. The normalized spacial score (nSPS) is 17.2. The third-order valence-corrected chi connectivity index (χ3v) is 3.25. The first-order chi connectivity index (χ1) is 8.08. The minimum absolute atomic E-state index is 0.0764. The fourth-order valence-electron chi connectivity index (χ4n) is 1.99. The Morgan fingerprint density at radius 2 is 2.00 bits per heavy atom. The number of carbonyl (C=O) groups is 1. The van der Waals surface area contributed by atoms with E-state index in [1.54, 1.807) is 7.05 Å². The molecule has 1 aliphatic heterocycles. The van der Waals surface area contributed by atoms with Crippen LogP contribution in [0, 0.1) is 5.92 Å². The van der Waals surface area contributed by atoms with E-state index < -0.39 is 0 Å². The van der Waals surface area contributed by atoms with Gasteiger partial charge in [0.25, 0.3) is 11.5 Å². The molecule has 0 radical (unpaired) electrons. The Bertz CT molecular complexity index is 473. The SMILES string of the molecule is CC1CCN(C(=O)c2ccc(=O)n(C)n2)CC1. The second kappa shape index (κ2) is 4.69. The second-order valence-corrected chi connectivity index (χ2v) is 4.66. The third-order valence-electron chi connectivity index (χ3n) is 3.25. The van der Waals surface area contributed by atoms with Crippen LogP contribution in [0.25, 0.3) is 0 Å². The monoisotopic (exact) mass is 235 g/mol. The first-order valence-electron chi connectivity index (χ1n) is 5.91. The number of amides is 1. The first kappa shape index (κ1) is 11.8. The fraction of sp³-hybridized carbons (Fsp3) is 0.583. The molecule has 17 heavy (non-hydrogen) atoms. The van der Waals surface area contributed by atoms with E-state index in [9.17, 15) is 9.59 Å². The van der Waals surface area contributed by atoms with Gasteiger partial charge in [0.1, 0.15) is 5.69 Å². The molecule has 1 amide bonds. The van der Waals surface area contributed by atoms with Gasteiger partial charge in [-0.1, -0.05) is 6.92 Å². The van der Waals surface area contributed by atoms with E-state index in [4.69, 9.17) is 0 Å². The van der Waals surface area contributed by atoms with Crippen LogP contribution in [0.5, 0.6) is 0 Å². The lowest BCUT2D eigenvalue weighted by atomic mass is 9.99. The predicted octanol–water partition coefficient (Wildman–Crippen LogP) is 0.652. The van der Waals surface area contributed by atoms with Crippen molar-refractivity contribution < 1.29 is 4.79 Å². The van der Waals surface area contributed by atoms with Gasteiger partial charge in [-0.2, -0.15) is 5.10 Å². The predicted molar refractivity (Wildman–Crippen MR) is 63.8 cm³/mol. The number of likely N-dealkylation sites (tertiary alicyclic amines) is 1. The minimum Gasteiger partial charge on any atom is -0.337 e. The molecule has 0 spiro atoms. The van der Waals surface area contributed by atoms with E-state index in [0.29, 0.717) is 11.6 Å². The molecule has 1 aromatic heterocycles. The molecule has 0 aromatic carbocycles. The van der Waals surface area contributed by atoms with E-state index in [2.05, 4.69) is 12.0 Å². The summed E-state index contributed by atoms with van der Waals surface area (Å²) in [7, 11) is 1.55. The zero-order valence-corrected chi connectivity index (χ0v) is 10.2. The average molecular weight is 235 g/mol. The maximum Gasteiger partial charge on any atom is 0.274 e. The lowest BCUT2D eigenvalue weighted by Gasteiger charge is -2.29. The second-order valence-electron chi connectivity index (χ2n) is 4.66. The van der Waals surface area contributed by atoms with Gasteiger partial charge in [-0.05, 0) is 24.8 Å². The molecule has 1 fully saturated rings. The van der Waals surface area contributed by atoms with Crippen LogP contribution in [0.4, 0.5) is 0 Å². The zero-order chi connectivity index (χ0) is 12.4. The summed E-state index contributed by atoms with van der Waals surface area (Å²) >= 11 is 0. The van der Waals surface area contributed by atoms with Gasteiger partial charge in [0.15, 0.2) is 0 Å². The summed E-state index contributed by atoms with van der Waals surface area (Å²) in [5.41, 5.74) is 0.149. The van der Waals surface area contributed by atoms with E-state index in [1.807, 2.05) is 4.90 Å². The molecule has 0 N–H and O–H groups in total. The van der Waals surface area contributed by atoms with Crippen LogP contribution < -0.4 is 5.56 Å². The van der Waals surface area contributed by atoms with Crippen LogP contribution in [-0.2, 0) is 7.05 Å². The van der Waals surface area contributed by atoms with E-state index in [1.165, 1.54) is 16.8 Å². The van der Waals surface area contributed by atoms with Gasteiger partial charge >= 0.3 is 0 Å². The first-order valence-corrected chi connectivity index (χ1v) is 5.91. The molecule has 92 valence electrons. The van der Waals surface area contributed by atoms with Crippen molar-refractivity contribution in [1.82, 2.24) is 14.7 Å².